The molecule has 0 radical (unpaired) electrons. The summed E-state index contributed by atoms with van der Waals surface area (Å²) in [6, 6.07) is 17.2. The van der Waals surface area contributed by atoms with Crippen LogP contribution in [-0.2, 0) is 17.3 Å². The molecule has 0 aliphatic heterocycles. The van der Waals surface area contributed by atoms with Crippen molar-refractivity contribution in [1.29, 1.82) is 0 Å². The number of aliphatic hydroxyl groups excluding tert-OH is 1. The van der Waals surface area contributed by atoms with Crippen molar-refractivity contribution in [2.75, 3.05) is 13.2 Å². The van der Waals surface area contributed by atoms with Crippen LogP contribution in [0, 0.1) is 13.8 Å². The highest BCUT2D eigenvalue weighted by atomic mass is 19.4. The van der Waals surface area contributed by atoms with Crippen LogP contribution in [0.3, 0.4) is 0 Å². The molecule has 0 fully saturated rings. The predicted molar refractivity (Wildman–Crippen MR) is 146 cm³/mol. The number of hydrogen-bond donors (Lipinski definition) is 3. The predicted octanol–water partition coefficient (Wildman–Crippen LogP) is 6.74. The van der Waals surface area contributed by atoms with Crippen molar-refractivity contribution in [3.8, 4) is 11.1 Å². The van der Waals surface area contributed by atoms with Gasteiger partial charge in [-0.2, -0.15) is 13.2 Å². The Morgan fingerprint density at radius 3 is 2.33 bits per heavy atom. The van der Waals surface area contributed by atoms with Gasteiger partial charge in [-0.3, -0.25) is 0 Å². The number of aryl methyl sites for hydroxylation is 2. The van der Waals surface area contributed by atoms with Gasteiger partial charge in [-0.25, -0.2) is 4.79 Å². The van der Waals surface area contributed by atoms with Crippen LogP contribution in [0.5, 0.6) is 0 Å². The summed E-state index contributed by atoms with van der Waals surface area (Å²) in [5.41, 5.74) is 3.16. The van der Waals surface area contributed by atoms with Gasteiger partial charge in [0.25, 0.3) is 0 Å². The van der Waals surface area contributed by atoms with Gasteiger partial charge in [0.15, 0.2) is 0 Å². The van der Waals surface area contributed by atoms with E-state index >= 15 is 0 Å². The third-order valence-electron chi connectivity index (χ3n) is 6.77. The van der Waals surface area contributed by atoms with Gasteiger partial charge in [-0.05, 0) is 86.6 Å². The summed E-state index contributed by atoms with van der Waals surface area (Å²) in [7, 11) is 0. The van der Waals surface area contributed by atoms with Gasteiger partial charge in [0, 0.05) is 12.1 Å². The molecule has 210 valence electrons. The lowest BCUT2D eigenvalue weighted by molar-refractivity contribution is -0.138. The Labute approximate surface area is 227 Å². The van der Waals surface area contributed by atoms with Crippen LogP contribution in [0.4, 0.5) is 13.2 Å². The molecule has 2 atom stereocenters. The normalized spacial score (nSPS) is 13.8. The van der Waals surface area contributed by atoms with E-state index in [4.69, 9.17) is 4.74 Å². The maximum atomic E-state index is 13.3. The van der Waals surface area contributed by atoms with Gasteiger partial charge in [-0.1, -0.05) is 48.5 Å². The molecule has 0 aromatic heterocycles. The molecule has 0 aliphatic rings. The van der Waals surface area contributed by atoms with Gasteiger partial charge in [0.1, 0.15) is 0 Å². The largest absolute Gasteiger partial charge is 0.478 e. The lowest BCUT2D eigenvalue weighted by Gasteiger charge is -2.29. The molecular formula is C31H36F3NO4. The number of halogens is 3. The molecule has 0 bridgehead atoms. The zero-order valence-corrected chi connectivity index (χ0v) is 22.9. The quantitative estimate of drug-likeness (QED) is 0.250. The second-order valence-electron chi connectivity index (χ2n) is 10.6. The molecular weight excluding hydrogens is 507 g/mol. The van der Waals surface area contributed by atoms with E-state index < -0.39 is 29.4 Å². The zero-order valence-electron chi connectivity index (χ0n) is 22.9. The number of carboxylic acid groups (broad SMARTS) is 1. The van der Waals surface area contributed by atoms with E-state index in [0.29, 0.717) is 17.5 Å². The smallest absolute Gasteiger partial charge is 0.416 e. The summed E-state index contributed by atoms with van der Waals surface area (Å²) in [4.78, 5) is 11.4. The van der Waals surface area contributed by atoms with Gasteiger partial charge < -0.3 is 20.3 Å². The topological polar surface area (TPSA) is 78.8 Å². The van der Waals surface area contributed by atoms with E-state index in [9.17, 15) is 28.2 Å². The van der Waals surface area contributed by atoms with E-state index in [-0.39, 0.29) is 30.4 Å². The summed E-state index contributed by atoms with van der Waals surface area (Å²) in [6.07, 6.45) is -5.23. The Balaban J connectivity index is 1.60. The minimum Gasteiger partial charge on any atom is -0.478 e. The highest BCUT2D eigenvalue weighted by molar-refractivity contribution is 5.90. The molecule has 3 aromatic rings. The van der Waals surface area contributed by atoms with Gasteiger partial charge >= 0.3 is 12.1 Å². The minimum absolute atomic E-state index is 0.0539. The molecule has 5 nitrogen and oxygen atoms in total. The SMILES string of the molecule is Cc1cc(-c2ccccc2C(C)OC[C@@H](O)CNC(C)(C)Cc2ccc(C)c(C(F)(F)F)c2)ccc1C(=O)O. The van der Waals surface area contributed by atoms with E-state index in [1.165, 1.54) is 19.1 Å². The van der Waals surface area contributed by atoms with Crippen LogP contribution < -0.4 is 5.32 Å². The number of ether oxygens (including phenoxy) is 1. The molecule has 0 saturated carbocycles. The highest BCUT2D eigenvalue weighted by Gasteiger charge is 2.33. The number of nitrogens with one attached hydrogen (secondary N) is 1. The van der Waals surface area contributed by atoms with Crippen molar-refractivity contribution in [2.45, 2.75) is 65.0 Å². The molecule has 39 heavy (non-hydrogen) atoms. The van der Waals surface area contributed by atoms with Crippen molar-refractivity contribution in [2.24, 2.45) is 0 Å². The number of benzene rings is 3. The van der Waals surface area contributed by atoms with Crippen molar-refractivity contribution in [1.82, 2.24) is 5.32 Å². The fourth-order valence-electron chi connectivity index (χ4n) is 4.64. The monoisotopic (exact) mass is 543 g/mol. The maximum Gasteiger partial charge on any atom is 0.416 e. The number of β-amino-alcohol motifs (C(OH)–C–C–N with tert-alkyl or cyclic N) is 1. The number of hydrogen-bond acceptors (Lipinski definition) is 4. The maximum absolute atomic E-state index is 13.3. The molecule has 1 unspecified atom stereocenters. The average Bonchev–Trinajstić information content (AvgIpc) is 2.86. The standard InChI is InChI=1S/C31H36F3NO4/c1-19-10-11-22(15-28(19)31(32,33)34)16-30(4,5)35-17-24(36)18-39-21(3)26-8-6-7-9-27(26)23-12-13-25(29(37)38)20(2)14-23/h6-15,21,24,35-36H,16-18H2,1-5H3,(H,37,38)/t21?,24-/m0/s1. The van der Waals surface area contributed by atoms with Crippen molar-refractivity contribution in [3.05, 3.63) is 94.0 Å². The second kappa shape index (κ2) is 12.3. The number of rotatable bonds is 11. The molecule has 0 amide bonds. The minimum atomic E-state index is -4.40. The van der Waals surface area contributed by atoms with Gasteiger partial charge in [-0.15, -0.1) is 0 Å². The number of carboxylic acids is 1. The number of aliphatic hydroxyl groups is 1. The van der Waals surface area contributed by atoms with Crippen LogP contribution in [-0.4, -0.2) is 41.0 Å². The van der Waals surface area contributed by atoms with Gasteiger partial charge in [0.2, 0.25) is 0 Å². The zero-order chi connectivity index (χ0) is 29.0. The Morgan fingerprint density at radius 2 is 1.69 bits per heavy atom. The molecule has 3 rings (SSSR count). The summed E-state index contributed by atoms with van der Waals surface area (Å²) >= 11 is 0. The molecule has 0 spiro atoms. The number of carbonyl (C=O) groups is 1. The van der Waals surface area contributed by atoms with Crippen LogP contribution in [0.1, 0.15) is 65.1 Å². The Hall–Kier alpha value is -3.20. The molecule has 3 aromatic carbocycles. The van der Waals surface area contributed by atoms with Crippen molar-refractivity contribution < 1.29 is 32.9 Å². The van der Waals surface area contributed by atoms with E-state index in [0.717, 1.165) is 16.7 Å². The summed E-state index contributed by atoms with van der Waals surface area (Å²) in [5, 5.41) is 23.1. The van der Waals surface area contributed by atoms with E-state index in [1.807, 2.05) is 51.1 Å². The molecule has 0 aliphatic carbocycles. The lowest BCUT2D eigenvalue weighted by Crippen LogP contribution is -2.46. The van der Waals surface area contributed by atoms with Gasteiger partial charge in [0.05, 0.1) is 29.9 Å². The summed E-state index contributed by atoms with van der Waals surface area (Å²) < 4.78 is 45.8. The lowest BCUT2D eigenvalue weighted by atomic mass is 9.92. The Morgan fingerprint density at radius 1 is 1.00 bits per heavy atom. The third-order valence-corrected chi connectivity index (χ3v) is 6.77. The molecule has 3 N–H and O–H groups in total. The fourth-order valence-corrected chi connectivity index (χ4v) is 4.64. The first kappa shape index (κ1) is 30.3. The van der Waals surface area contributed by atoms with Crippen molar-refractivity contribution in [3.63, 3.8) is 0 Å². The first-order chi connectivity index (χ1) is 18.2. The Kier molecular flexibility index (Phi) is 9.59. The third kappa shape index (κ3) is 8.14. The summed E-state index contributed by atoms with van der Waals surface area (Å²) in [6.45, 7) is 9.11. The first-order valence-electron chi connectivity index (χ1n) is 12.8. The van der Waals surface area contributed by atoms with Crippen molar-refractivity contribution >= 4 is 5.97 Å². The Bertz CT molecular complexity index is 1300. The first-order valence-corrected chi connectivity index (χ1v) is 12.8. The molecule has 8 heteroatoms. The summed E-state index contributed by atoms with van der Waals surface area (Å²) in [5.74, 6) is -0.972. The molecule has 0 heterocycles. The average molecular weight is 544 g/mol. The van der Waals surface area contributed by atoms with Crippen LogP contribution in [0.15, 0.2) is 60.7 Å². The number of alkyl halides is 3. The van der Waals surface area contributed by atoms with E-state index in [1.54, 1.807) is 25.1 Å². The van der Waals surface area contributed by atoms with E-state index in [2.05, 4.69) is 5.32 Å². The number of aromatic carboxylic acids is 1. The highest BCUT2D eigenvalue weighted by Crippen LogP contribution is 2.33. The second-order valence-corrected chi connectivity index (χ2v) is 10.6. The van der Waals surface area contributed by atoms with Crippen LogP contribution in [0.2, 0.25) is 0 Å². The van der Waals surface area contributed by atoms with Crippen LogP contribution >= 0.6 is 0 Å². The molecule has 0 saturated heterocycles. The van der Waals surface area contributed by atoms with Crippen LogP contribution in [0.25, 0.3) is 11.1 Å². The fraction of sp³-hybridized carbons (Fsp3) is 0.387.